The van der Waals surface area contributed by atoms with Gasteiger partial charge in [0.15, 0.2) is 5.52 Å². The quantitative estimate of drug-likeness (QED) is 0.442. The summed E-state index contributed by atoms with van der Waals surface area (Å²) in [6.07, 6.45) is 1.09. The number of ether oxygens (including phenoxy) is 1. The Morgan fingerprint density at radius 2 is 1.92 bits per heavy atom. The molecular weight excluding hydrogens is 330 g/mol. The van der Waals surface area contributed by atoms with Crippen LogP contribution in [0.3, 0.4) is 0 Å². The number of anilines is 1. The third-order valence-electron chi connectivity index (χ3n) is 3.18. The first kappa shape index (κ1) is 18.4. The van der Waals surface area contributed by atoms with Gasteiger partial charge in [-0.25, -0.2) is 9.42 Å². The standard InChI is InChI=1S/C15H21N5O5/c1-15(2,3)24-14(21)17-9-5-4-8-16-10-6-7-11(20(22)23)13-12(10)18-25-19-13/h6-7,16H,4-5,8-9H2,1-3H3,(H,17,21). The molecule has 136 valence electrons. The topological polar surface area (TPSA) is 132 Å². The molecule has 0 saturated carbocycles. The van der Waals surface area contributed by atoms with Crippen molar-refractivity contribution in [2.24, 2.45) is 0 Å². The number of carbonyl (C=O) groups excluding carboxylic acids is 1. The van der Waals surface area contributed by atoms with Crippen LogP contribution < -0.4 is 10.6 Å². The number of rotatable bonds is 7. The Kier molecular flexibility index (Phi) is 5.73. The van der Waals surface area contributed by atoms with E-state index in [-0.39, 0.29) is 11.2 Å². The van der Waals surface area contributed by atoms with Crippen LogP contribution in [0.5, 0.6) is 0 Å². The van der Waals surface area contributed by atoms with Crippen LogP contribution in [0, 0.1) is 10.1 Å². The summed E-state index contributed by atoms with van der Waals surface area (Å²) >= 11 is 0. The van der Waals surface area contributed by atoms with E-state index in [4.69, 9.17) is 4.74 Å². The lowest BCUT2D eigenvalue weighted by Crippen LogP contribution is -2.33. The molecule has 2 rings (SSSR count). The summed E-state index contributed by atoms with van der Waals surface area (Å²) in [4.78, 5) is 21.9. The number of nitro benzene ring substituents is 1. The summed E-state index contributed by atoms with van der Waals surface area (Å²) in [5.41, 5.74) is 0.381. The molecule has 10 heteroatoms. The third kappa shape index (κ3) is 5.30. The average Bonchev–Trinajstić information content (AvgIpc) is 2.98. The van der Waals surface area contributed by atoms with Crippen molar-refractivity contribution in [2.45, 2.75) is 39.2 Å². The van der Waals surface area contributed by atoms with Crippen LogP contribution in [0.1, 0.15) is 33.6 Å². The fourth-order valence-electron chi connectivity index (χ4n) is 2.12. The molecule has 0 unspecified atom stereocenters. The van der Waals surface area contributed by atoms with Crippen LogP contribution in [-0.4, -0.2) is 40.0 Å². The van der Waals surface area contributed by atoms with Crippen LogP contribution in [0.15, 0.2) is 16.8 Å². The number of alkyl carbamates (subject to hydrolysis) is 1. The molecular formula is C15H21N5O5. The van der Waals surface area contributed by atoms with Gasteiger partial charge in [-0.3, -0.25) is 10.1 Å². The van der Waals surface area contributed by atoms with Crippen LogP contribution in [-0.2, 0) is 4.74 Å². The summed E-state index contributed by atoms with van der Waals surface area (Å²) in [7, 11) is 0. The highest BCUT2D eigenvalue weighted by atomic mass is 16.6. The molecule has 0 radical (unpaired) electrons. The van der Waals surface area contributed by atoms with Crippen molar-refractivity contribution in [2.75, 3.05) is 18.4 Å². The van der Waals surface area contributed by atoms with Gasteiger partial charge in [0.2, 0.25) is 5.52 Å². The Morgan fingerprint density at radius 3 is 2.60 bits per heavy atom. The predicted octanol–water partition coefficient (Wildman–Crippen LogP) is 2.85. The van der Waals surface area contributed by atoms with Gasteiger partial charge in [0.25, 0.3) is 0 Å². The van der Waals surface area contributed by atoms with Gasteiger partial charge in [-0.2, -0.15) is 0 Å². The van der Waals surface area contributed by atoms with Gasteiger partial charge in [0.05, 0.1) is 10.6 Å². The van der Waals surface area contributed by atoms with Crippen molar-refractivity contribution < 1.29 is 19.1 Å². The number of hydrogen-bond donors (Lipinski definition) is 2. The zero-order valence-electron chi connectivity index (χ0n) is 14.4. The Hall–Kier alpha value is -2.91. The first-order valence-electron chi connectivity index (χ1n) is 7.88. The molecule has 10 nitrogen and oxygen atoms in total. The molecule has 25 heavy (non-hydrogen) atoms. The number of non-ortho nitro benzene ring substituents is 1. The van der Waals surface area contributed by atoms with E-state index in [0.717, 1.165) is 12.8 Å². The van der Waals surface area contributed by atoms with Crippen molar-refractivity contribution in [3.8, 4) is 0 Å². The fourth-order valence-corrected chi connectivity index (χ4v) is 2.12. The van der Waals surface area contributed by atoms with E-state index in [1.54, 1.807) is 26.8 Å². The van der Waals surface area contributed by atoms with Crippen LogP contribution in [0.2, 0.25) is 0 Å². The van der Waals surface area contributed by atoms with Gasteiger partial charge >= 0.3 is 11.8 Å². The second kappa shape index (κ2) is 7.77. The predicted molar refractivity (Wildman–Crippen MR) is 90.4 cm³/mol. The summed E-state index contributed by atoms with van der Waals surface area (Å²) in [5, 5.41) is 24.0. The van der Waals surface area contributed by atoms with E-state index < -0.39 is 16.6 Å². The van der Waals surface area contributed by atoms with E-state index in [9.17, 15) is 14.9 Å². The van der Waals surface area contributed by atoms with E-state index in [0.29, 0.717) is 24.3 Å². The second-order valence-electron chi connectivity index (χ2n) is 6.41. The van der Waals surface area contributed by atoms with Crippen molar-refractivity contribution in [3.63, 3.8) is 0 Å². The zero-order chi connectivity index (χ0) is 18.4. The number of hydrogen-bond acceptors (Lipinski definition) is 8. The number of benzene rings is 1. The molecule has 0 aliphatic heterocycles. The van der Waals surface area contributed by atoms with Gasteiger partial charge in [0.1, 0.15) is 5.60 Å². The number of fused-ring (bicyclic) bond motifs is 1. The van der Waals surface area contributed by atoms with Crippen molar-refractivity contribution >= 4 is 28.5 Å². The molecule has 1 aromatic heterocycles. The minimum atomic E-state index is -0.529. The van der Waals surface area contributed by atoms with E-state index in [2.05, 4.69) is 25.6 Å². The molecule has 0 bridgehead atoms. The van der Waals surface area contributed by atoms with Gasteiger partial charge in [-0.1, -0.05) is 0 Å². The molecule has 2 N–H and O–H groups in total. The van der Waals surface area contributed by atoms with Crippen LogP contribution in [0.25, 0.3) is 11.0 Å². The molecule has 1 aromatic carbocycles. The molecule has 0 atom stereocenters. The maximum absolute atomic E-state index is 11.5. The molecule has 0 saturated heterocycles. The van der Waals surface area contributed by atoms with E-state index >= 15 is 0 Å². The van der Waals surface area contributed by atoms with Gasteiger partial charge in [-0.15, -0.1) is 0 Å². The minimum absolute atomic E-state index is 0.113. The highest BCUT2D eigenvalue weighted by molar-refractivity contribution is 5.93. The smallest absolute Gasteiger partial charge is 0.407 e. The largest absolute Gasteiger partial charge is 0.444 e. The highest BCUT2D eigenvalue weighted by Gasteiger charge is 2.19. The van der Waals surface area contributed by atoms with Gasteiger partial charge < -0.3 is 15.4 Å². The summed E-state index contributed by atoms with van der Waals surface area (Å²) in [6, 6.07) is 2.93. The number of nitrogens with zero attached hydrogens (tertiary/aromatic N) is 3. The van der Waals surface area contributed by atoms with Crippen LogP contribution >= 0.6 is 0 Å². The number of aromatic nitrogens is 2. The lowest BCUT2D eigenvalue weighted by Gasteiger charge is -2.19. The first-order valence-corrected chi connectivity index (χ1v) is 7.88. The van der Waals surface area contributed by atoms with Crippen LogP contribution in [0.4, 0.5) is 16.2 Å². The SMILES string of the molecule is CC(C)(C)OC(=O)NCCCCNc1ccc([N+](=O)[O-])c2nonc12. The Morgan fingerprint density at radius 1 is 1.24 bits per heavy atom. The Balaban J connectivity index is 1.77. The highest BCUT2D eigenvalue weighted by Crippen LogP contribution is 2.28. The van der Waals surface area contributed by atoms with E-state index in [1.807, 2.05) is 0 Å². The maximum atomic E-state index is 11.5. The van der Waals surface area contributed by atoms with E-state index in [1.165, 1.54) is 6.07 Å². The molecule has 0 fully saturated rings. The number of unbranched alkanes of at least 4 members (excludes halogenated alkanes) is 1. The lowest BCUT2D eigenvalue weighted by molar-refractivity contribution is -0.383. The Labute approximate surface area is 144 Å². The molecule has 0 aliphatic rings. The summed E-state index contributed by atoms with van der Waals surface area (Å²) in [6.45, 7) is 6.52. The monoisotopic (exact) mass is 351 g/mol. The minimum Gasteiger partial charge on any atom is -0.444 e. The number of nitrogens with one attached hydrogen (secondary N) is 2. The lowest BCUT2D eigenvalue weighted by atomic mass is 10.2. The van der Waals surface area contributed by atoms with Gasteiger partial charge in [-0.05, 0) is 50.0 Å². The second-order valence-corrected chi connectivity index (χ2v) is 6.41. The average molecular weight is 351 g/mol. The summed E-state index contributed by atoms with van der Waals surface area (Å²) < 4.78 is 9.74. The Bertz CT molecular complexity index is 752. The maximum Gasteiger partial charge on any atom is 0.407 e. The summed E-state index contributed by atoms with van der Waals surface area (Å²) in [5.74, 6) is 0. The normalized spacial score (nSPS) is 11.3. The van der Waals surface area contributed by atoms with Gasteiger partial charge in [0, 0.05) is 19.2 Å². The van der Waals surface area contributed by atoms with Crippen molar-refractivity contribution in [3.05, 3.63) is 22.2 Å². The molecule has 2 aromatic rings. The molecule has 1 heterocycles. The molecule has 1 amide bonds. The molecule has 0 spiro atoms. The fraction of sp³-hybridized carbons (Fsp3) is 0.533. The molecule has 0 aliphatic carbocycles. The third-order valence-corrected chi connectivity index (χ3v) is 3.18. The van der Waals surface area contributed by atoms with Crippen molar-refractivity contribution in [1.29, 1.82) is 0 Å². The number of carbonyl (C=O) groups is 1. The number of amides is 1. The first-order chi connectivity index (χ1) is 11.8. The van der Waals surface area contributed by atoms with Crippen molar-refractivity contribution in [1.82, 2.24) is 15.6 Å². The zero-order valence-corrected chi connectivity index (χ0v) is 14.4. The number of nitro groups is 1.